The van der Waals surface area contributed by atoms with Crippen LogP contribution in [0.2, 0.25) is 10.0 Å². The Bertz CT molecular complexity index is 2580. The molecule has 7 N–H and O–H groups in total. The summed E-state index contributed by atoms with van der Waals surface area (Å²) in [5.41, 5.74) is 6.23. The first-order valence-corrected chi connectivity index (χ1v) is 23.4. The molecule has 0 saturated heterocycles. The number of halogens is 2. The number of amides is 2. The molecule has 0 spiro atoms. The molecule has 1 aliphatic heterocycles. The summed E-state index contributed by atoms with van der Waals surface area (Å²) >= 11 is 13.0. The topological polar surface area (TPSA) is 212 Å². The number of hydrogen-bond donors (Lipinski definition) is 5. The van der Waals surface area contributed by atoms with Crippen molar-refractivity contribution < 1.29 is 26.4 Å². The highest BCUT2D eigenvalue weighted by molar-refractivity contribution is 7.98. The number of aromatic nitrogens is 2. The Hall–Kier alpha value is -4.29. The summed E-state index contributed by atoms with van der Waals surface area (Å²) in [6, 6.07) is 12.3. The molecule has 8 rings (SSSR count). The van der Waals surface area contributed by atoms with Gasteiger partial charge in [-0.1, -0.05) is 60.0 Å². The van der Waals surface area contributed by atoms with Crippen LogP contribution in [0.25, 0.3) is 4.91 Å². The fraction of sp³-hybridized carbons (Fsp3) is 0.390. The van der Waals surface area contributed by atoms with Crippen LogP contribution in [-0.2, 0) is 55.4 Å². The quantitative estimate of drug-likeness (QED) is 0.166. The van der Waals surface area contributed by atoms with E-state index in [0.717, 1.165) is 37.8 Å². The molecule has 5 aliphatic rings. The van der Waals surface area contributed by atoms with Crippen molar-refractivity contribution in [2.75, 3.05) is 6.54 Å². The zero-order valence-electron chi connectivity index (χ0n) is 32.3. The Labute approximate surface area is 353 Å². The predicted molar refractivity (Wildman–Crippen MR) is 226 cm³/mol. The van der Waals surface area contributed by atoms with E-state index in [-0.39, 0.29) is 58.8 Å². The minimum Gasteiger partial charge on any atom is -0.347 e. The summed E-state index contributed by atoms with van der Waals surface area (Å²) < 4.78 is 52.5. The van der Waals surface area contributed by atoms with E-state index in [9.17, 15) is 26.4 Å². The van der Waals surface area contributed by atoms with Crippen LogP contribution in [-0.4, -0.2) is 61.6 Å². The summed E-state index contributed by atoms with van der Waals surface area (Å²) in [6.45, 7) is 3.00. The van der Waals surface area contributed by atoms with Crippen LogP contribution in [0.1, 0.15) is 72.9 Å². The first-order chi connectivity index (χ1) is 27.9. The average molecular weight is 882 g/mol. The number of carbonyl (C=O) groups is 2. The number of nitrogens with two attached hydrogens (primary N) is 2. The second kappa shape index (κ2) is 16.0. The Kier molecular flexibility index (Phi) is 11.2. The van der Waals surface area contributed by atoms with Gasteiger partial charge in [0.25, 0.3) is 0 Å². The molecule has 0 radical (unpaired) electrons. The molecule has 1 aromatic heterocycles. The van der Waals surface area contributed by atoms with Gasteiger partial charge < -0.3 is 16.1 Å². The molecular formula is C41H46Cl2N8O6S2. The number of allylic oxidation sites excluding steroid dienone is 1. The zero-order chi connectivity index (χ0) is 41.9. The minimum atomic E-state index is -4.17. The van der Waals surface area contributed by atoms with Crippen molar-refractivity contribution in [1.82, 2.24) is 30.8 Å². The van der Waals surface area contributed by atoms with E-state index >= 15 is 0 Å². The van der Waals surface area contributed by atoms with Crippen molar-refractivity contribution >= 4 is 60.0 Å². The molecule has 0 bridgehead atoms. The van der Waals surface area contributed by atoms with Gasteiger partial charge >= 0.3 is 0 Å². The predicted octanol–water partition coefficient (Wildman–Crippen LogP) is 4.29. The lowest BCUT2D eigenvalue weighted by Crippen LogP contribution is -2.48. The monoisotopic (exact) mass is 880 g/mol. The molecular weight excluding hydrogens is 836 g/mol. The summed E-state index contributed by atoms with van der Waals surface area (Å²) in [6.07, 6.45) is 13.6. The minimum absolute atomic E-state index is 0.0208. The molecule has 312 valence electrons. The molecule has 2 amide bonds. The molecule has 18 heteroatoms. The lowest BCUT2D eigenvalue weighted by molar-refractivity contribution is -0.122. The molecule has 59 heavy (non-hydrogen) atoms. The fourth-order valence-corrected chi connectivity index (χ4v) is 10.9. The van der Waals surface area contributed by atoms with Gasteiger partial charge in [-0.2, -0.15) is 5.10 Å². The summed E-state index contributed by atoms with van der Waals surface area (Å²) in [5, 5.41) is 24.8. The summed E-state index contributed by atoms with van der Waals surface area (Å²) in [5.74, 6) is 0.176. The van der Waals surface area contributed by atoms with Crippen molar-refractivity contribution in [3.8, 4) is 0 Å². The van der Waals surface area contributed by atoms with Crippen LogP contribution in [0.5, 0.6) is 0 Å². The molecule has 2 fully saturated rings. The van der Waals surface area contributed by atoms with E-state index in [0.29, 0.717) is 56.2 Å². The highest BCUT2D eigenvalue weighted by atomic mass is 35.5. The van der Waals surface area contributed by atoms with E-state index in [2.05, 4.69) is 16.1 Å². The molecule has 4 aliphatic carbocycles. The van der Waals surface area contributed by atoms with Gasteiger partial charge in [-0.3, -0.25) is 14.3 Å². The molecule has 14 nitrogen and oxygen atoms in total. The van der Waals surface area contributed by atoms with Gasteiger partial charge in [0.1, 0.15) is 0 Å². The van der Waals surface area contributed by atoms with Gasteiger partial charge in [0.05, 0.1) is 39.9 Å². The Morgan fingerprint density at radius 3 is 2.32 bits per heavy atom. The first kappa shape index (κ1) is 41.4. The number of nitrogens with zero attached hydrogens (tertiary/aromatic N) is 3. The normalized spacial score (nSPS) is 24.3. The second-order valence-corrected chi connectivity index (χ2v) is 20.4. The molecule has 2 saturated carbocycles. The third-order valence-electron chi connectivity index (χ3n) is 12.0. The molecule has 2 aromatic carbocycles. The Morgan fingerprint density at radius 2 is 1.66 bits per heavy atom. The number of benzene rings is 2. The highest BCUT2D eigenvalue weighted by Gasteiger charge is 2.39. The van der Waals surface area contributed by atoms with Gasteiger partial charge in [-0.25, -0.2) is 32.1 Å². The van der Waals surface area contributed by atoms with E-state index in [1.54, 1.807) is 48.3 Å². The number of nitrogens with one attached hydrogen (secondary N) is 3. The standard InChI is InChI=1S/C41H46Cl2N8O6S2/c1-41(48-40(53)15-26-7-2-3-8-33(26)42)18-35-32(38(19-41)59(45,56)57)23-50(49-35)22-28-11-12-30(28)25-9-10-27(34(43)13-25)14-39(52)47-29-16-36-31(37(17-29)58(44,54)55)20-46-51(36)21-24-5-4-6-24/h2-3,7-10,13,16-17,19-20,23-24,28,30,36,46H,4-6,11-12,14-15,18,21-22H2,1H3,(H,47,52)(H,48,53)(H2,44,54,55)(H2,45,56,57). The van der Waals surface area contributed by atoms with Crippen LogP contribution < -0.4 is 26.3 Å². The smallest absolute Gasteiger partial charge is 0.238 e. The number of rotatable bonds is 13. The maximum Gasteiger partial charge on any atom is 0.238 e. The largest absolute Gasteiger partial charge is 0.347 e. The van der Waals surface area contributed by atoms with Crippen LogP contribution in [0.4, 0.5) is 0 Å². The average Bonchev–Trinajstić information content (AvgIpc) is 3.71. The molecule has 4 atom stereocenters. The SMILES string of the molecule is CC1(NC(=O)Cc2ccccc2Cl)C=C(S(N)(=O)=O)c2cn(CC3CCC3c3ccc(CC(=O)NC4=CC5C(=CNN5CC5CCC5)C(S(N)(=O)=O)=C4)c(Cl)c3)nc2C1. The number of carbonyl (C=O) groups excluding carboxylic acids is 2. The Balaban J connectivity index is 0.918. The van der Waals surface area contributed by atoms with Crippen molar-refractivity contribution in [1.29, 1.82) is 0 Å². The van der Waals surface area contributed by atoms with Crippen molar-refractivity contribution in [2.24, 2.45) is 22.1 Å². The van der Waals surface area contributed by atoms with E-state index in [4.69, 9.17) is 38.6 Å². The molecule has 4 unspecified atom stereocenters. The van der Waals surface area contributed by atoms with Crippen molar-refractivity contribution in [2.45, 2.75) is 82.3 Å². The Morgan fingerprint density at radius 1 is 0.932 bits per heavy atom. The maximum absolute atomic E-state index is 13.3. The van der Waals surface area contributed by atoms with E-state index in [1.807, 2.05) is 29.3 Å². The van der Waals surface area contributed by atoms with Crippen LogP contribution in [0, 0.1) is 11.8 Å². The maximum atomic E-state index is 13.3. The van der Waals surface area contributed by atoms with E-state index in [1.165, 1.54) is 18.6 Å². The van der Waals surface area contributed by atoms with Gasteiger partial charge in [0.15, 0.2) is 0 Å². The number of hydrazine groups is 1. The van der Waals surface area contributed by atoms with Crippen molar-refractivity contribution in [3.63, 3.8) is 0 Å². The van der Waals surface area contributed by atoms with E-state index < -0.39 is 25.6 Å². The lowest BCUT2D eigenvalue weighted by atomic mass is 9.70. The van der Waals surface area contributed by atoms with Gasteiger partial charge in [-0.15, -0.1) is 0 Å². The van der Waals surface area contributed by atoms with Gasteiger partial charge in [0, 0.05) is 58.8 Å². The lowest BCUT2D eigenvalue weighted by Gasteiger charge is -2.37. The number of sulfonamides is 2. The fourth-order valence-electron chi connectivity index (χ4n) is 8.70. The third kappa shape index (κ3) is 8.95. The van der Waals surface area contributed by atoms with Gasteiger partial charge in [0.2, 0.25) is 31.9 Å². The molecule has 3 aromatic rings. The summed E-state index contributed by atoms with van der Waals surface area (Å²) in [7, 11) is -8.23. The van der Waals surface area contributed by atoms with Crippen LogP contribution in [0.3, 0.4) is 0 Å². The first-order valence-electron chi connectivity index (χ1n) is 19.6. The zero-order valence-corrected chi connectivity index (χ0v) is 35.5. The van der Waals surface area contributed by atoms with Gasteiger partial charge in [-0.05, 0) is 97.4 Å². The van der Waals surface area contributed by atoms with Crippen LogP contribution in [0.15, 0.2) is 89.3 Å². The number of fused-ring (bicyclic) bond motifs is 2. The number of hydrogen-bond acceptors (Lipinski definition) is 9. The summed E-state index contributed by atoms with van der Waals surface area (Å²) in [4.78, 5) is 26.3. The highest BCUT2D eigenvalue weighted by Crippen LogP contribution is 2.45. The van der Waals surface area contributed by atoms with Crippen LogP contribution >= 0.6 is 23.2 Å². The number of primary sulfonamides is 2. The van der Waals surface area contributed by atoms with Crippen molar-refractivity contribution in [3.05, 3.63) is 127 Å². The third-order valence-corrected chi connectivity index (χ3v) is 14.7. The second-order valence-electron chi connectivity index (χ2n) is 16.5. The molecule has 2 heterocycles.